The number of hydrogen-bond donors (Lipinski definition) is 2. The molecule has 0 aromatic carbocycles. The average molecular weight is 477 g/mol. The molecule has 11 heteroatoms. The highest BCUT2D eigenvalue weighted by atomic mass is 32.2. The minimum Gasteiger partial charge on any atom is -0.322 e. The van der Waals surface area contributed by atoms with Crippen LogP contribution in [-0.2, 0) is 16.0 Å². The van der Waals surface area contributed by atoms with E-state index in [1.807, 2.05) is 13.0 Å². The highest BCUT2D eigenvalue weighted by Gasteiger charge is 2.47. The van der Waals surface area contributed by atoms with Crippen LogP contribution in [0.2, 0.25) is 0 Å². The van der Waals surface area contributed by atoms with Gasteiger partial charge in [-0.15, -0.1) is 21.5 Å². The number of urea groups is 1. The zero-order chi connectivity index (χ0) is 22.7. The second kappa shape index (κ2) is 9.62. The first-order valence-electron chi connectivity index (χ1n) is 11.0. The molecule has 1 unspecified atom stereocenters. The van der Waals surface area contributed by atoms with Gasteiger partial charge in [0, 0.05) is 17.3 Å². The maximum absolute atomic E-state index is 12.6. The molecule has 0 bridgehead atoms. The van der Waals surface area contributed by atoms with Gasteiger partial charge in [0.15, 0.2) is 5.16 Å². The number of carbonyl (C=O) groups excluding carboxylic acids is 3. The molecular weight excluding hydrogens is 448 g/mol. The Hall–Kier alpha value is -2.40. The number of rotatable bonds is 8. The minimum atomic E-state index is -0.991. The summed E-state index contributed by atoms with van der Waals surface area (Å²) in [7, 11) is 0. The largest absolute Gasteiger partial charge is 0.344 e. The van der Waals surface area contributed by atoms with Crippen LogP contribution in [0.25, 0.3) is 0 Å². The van der Waals surface area contributed by atoms with Crippen LogP contribution in [0.1, 0.15) is 69.1 Å². The molecule has 1 atom stereocenters. The molecule has 4 amide bonds. The summed E-state index contributed by atoms with van der Waals surface area (Å²) in [6, 6.07) is 3.84. The molecule has 2 aliphatic rings. The van der Waals surface area contributed by atoms with Crippen LogP contribution in [0.3, 0.4) is 0 Å². The van der Waals surface area contributed by atoms with Crippen molar-refractivity contribution in [2.75, 3.05) is 5.75 Å². The van der Waals surface area contributed by atoms with Gasteiger partial charge in [-0.05, 0) is 37.6 Å². The average Bonchev–Trinajstić information content (AvgIpc) is 3.50. The molecule has 2 aromatic rings. The van der Waals surface area contributed by atoms with E-state index in [9.17, 15) is 14.4 Å². The van der Waals surface area contributed by atoms with Crippen LogP contribution in [0, 0.1) is 0 Å². The third-order valence-corrected chi connectivity index (χ3v) is 7.94. The fourth-order valence-corrected chi connectivity index (χ4v) is 5.63. The van der Waals surface area contributed by atoms with E-state index in [1.54, 1.807) is 18.3 Å². The Kier molecular flexibility index (Phi) is 6.85. The number of amides is 4. The zero-order valence-electron chi connectivity index (χ0n) is 18.3. The van der Waals surface area contributed by atoms with Gasteiger partial charge in [0.25, 0.3) is 5.91 Å². The van der Waals surface area contributed by atoms with E-state index in [0.717, 1.165) is 23.7 Å². The number of hydrogen-bond acceptors (Lipinski definition) is 7. The number of nitrogens with zero attached hydrogens (tertiary/aromatic N) is 4. The molecule has 3 heterocycles. The van der Waals surface area contributed by atoms with E-state index in [4.69, 9.17) is 0 Å². The topological polar surface area (TPSA) is 109 Å². The molecule has 1 saturated heterocycles. The summed E-state index contributed by atoms with van der Waals surface area (Å²) in [4.78, 5) is 38.4. The molecule has 32 heavy (non-hydrogen) atoms. The maximum Gasteiger partial charge on any atom is 0.344 e. The van der Waals surface area contributed by atoms with Crippen molar-refractivity contribution in [3.63, 3.8) is 0 Å². The molecule has 2 aromatic heterocycles. The van der Waals surface area contributed by atoms with E-state index in [0.29, 0.717) is 24.0 Å². The summed E-state index contributed by atoms with van der Waals surface area (Å²) in [5.41, 5.74) is 1.45. The van der Waals surface area contributed by atoms with Crippen molar-refractivity contribution in [3.05, 3.63) is 28.2 Å². The predicted molar refractivity (Wildman–Crippen MR) is 122 cm³/mol. The quantitative estimate of drug-likeness (QED) is 0.447. The summed E-state index contributed by atoms with van der Waals surface area (Å²) in [6.07, 6.45) is 6.90. The predicted octanol–water partition coefficient (Wildman–Crippen LogP) is 3.28. The molecule has 1 aliphatic heterocycles. The fourth-order valence-electron chi connectivity index (χ4n) is 4.11. The standard InChI is InChI=1S/C21H28N6O3S2/c1-3-21(2)18(29)27(19(30)22-21)25-17(28)13-32-20-24-23-16(12-15-10-7-11-31-15)26(20)14-8-5-4-6-9-14/h7,10-11,14H,3-6,8-9,12-13H2,1-2H3,(H,22,30)(H,25,28). The van der Waals surface area contributed by atoms with Gasteiger partial charge in [-0.3, -0.25) is 15.0 Å². The normalized spacial score (nSPS) is 21.8. The number of carbonyl (C=O) groups is 3. The summed E-state index contributed by atoms with van der Waals surface area (Å²) in [5.74, 6) is 0.0582. The number of imide groups is 1. The Balaban J connectivity index is 1.44. The van der Waals surface area contributed by atoms with Crippen molar-refractivity contribution in [2.45, 2.75) is 75.5 Å². The summed E-state index contributed by atoms with van der Waals surface area (Å²) >= 11 is 2.98. The first-order chi connectivity index (χ1) is 15.4. The summed E-state index contributed by atoms with van der Waals surface area (Å²) < 4.78 is 2.19. The molecule has 172 valence electrons. The lowest BCUT2D eigenvalue weighted by Gasteiger charge is -2.25. The Labute approximate surface area is 195 Å². The molecule has 1 aliphatic carbocycles. The van der Waals surface area contributed by atoms with Crippen molar-refractivity contribution < 1.29 is 14.4 Å². The molecular formula is C21H28N6O3S2. The summed E-state index contributed by atoms with van der Waals surface area (Å²) in [5, 5.41) is 15.0. The monoisotopic (exact) mass is 476 g/mol. The Morgan fingerprint density at radius 3 is 2.75 bits per heavy atom. The number of thiophene rings is 1. The number of thioether (sulfide) groups is 1. The second-order valence-electron chi connectivity index (χ2n) is 8.40. The van der Waals surface area contributed by atoms with Gasteiger partial charge < -0.3 is 9.88 Å². The first-order valence-corrected chi connectivity index (χ1v) is 12.8. The van der Waals surface area contributed by atoms with E-state index in [-0.39, 0.29) is 5.75 Å². The lowest BCUT2D eigenvalue weighted by atomic mass is 9.95. The molecule has 2 fully saturated rings. The van der Waals surface area contributed by atoms with Crippen molar-refractivity contribution in [1.29, 1.82) is 0 Å². The van der Waals surface area contributed by atoms with Crippen molar-refractivity contribution in [2.24, 2.45) is 0 Å². The highest BCUT2D eigenvalue weighted by molar-refractivity contribution is 7.99. The molecule has 0 spiro atoms. The molecule has 0 radical (unpaired) electrons. The second-order valence-corrected chi connectivity index (χ2v) is 10.4. The van der Waals surface area contributed by atoms with Crippen LogP contribution in [0.15, 0.2) is 22.7 Å². The van der Waals surface area contributed by atoms with Crippen LogP contribution in [0.5, 0.6) is 0 Å². The number of aromatic nitrogens is 3. The van der Waals surface area contributed by atoms with Crippen LogP contribution < -0.4 is 10.7 Å². The Morgan fingerprint density at radius 1 is 1.31 bits per heavy atom. The molecule has 9 nitrogen and oxygen atoms in total. The van der Waals surface area contributed by atoms with Crippen LogP contribution in [-0.4, -0.2) is 48.9 Å². The lowest BCUT2D eigenvalue weighted by molar-refractivity contribution is -0.137. The van der Waals surface area contributed by atoms with Gasteiger partial charge >= 0.3 is 6.03 Å². The van der Waals surface area contributed by atoms with Crippen molar-refractivity contribution in [3.8, 4) is 0 Å². The number of nitrogens with one attached hydrogen (secondary N) is 2. The van der Waals surface area contributed by atoms with Gasteiger partial charge in [-0.1, -0.05) is 44.0 Å². The lowest BCUT2D eigenvalue weighted by Crippen LogP contribution is -2.49. The Bertz CT molecular complexity index is 986. The van der Waals surface area contributed by atoms with Gasteiger partial charge in [0.2, 0.25) is 5.91 Å². The van der Waals surface area contributed by atoms with E-state index in [1.165, 1.54) is 35.9 Å². The number of hydrazine groups is 1. The van der Waals surface area contributed by atoms with Crippen molar-refractivity contribution in [1.82, 2.24) is 30.5 Å². The highest BCUT2D eigenvalue weighted by Crippen LogP contribution is 2.33. The van der Waals surface area contributed by atoms with Gasteiger partial charge in [0.05, 0.1) is 5.75 Å². The molecule has 1 saturated carbocycles. The van der Waals surface area contributed by atoms with Crippen LogP contribution >= 0.6 is 23.1 Å². The zero-order valence-corrected chi connectivity index (χ0v) is 19.9. The van der Waals surface area contributed by atoms with E-state index >= 15 is 0 Å². The van der Waals surface area contributed by atoms with E-state index < -0.39 is 23.4 Å². The van der Waals surface area contributed by atoms with Gasteiger partial charge in [-0.2, -0.15) is 5.01 Å². The third kappa shape index (κ3) is 4.68. The maximum atomic E-state index is 12.6. The first kappa shape index (κ1) is 22.8. The molecule has 2 N–H and O–H groups in total. The SMILES string of the molecule is CCC1(C)NC(=O)N(NC(=O)CSc2nnc(Cc3cccs3)n2C2CCCCC2)C1=O. The Morgan fingerprint density at radius 2 is 2.09 bits per heavy atom. The van der Waals surface area contributed by atoms with Gasteiger partial charge in [-0.25, -0.2) is 4.79 Å². The van der Waals surface area contributed by atoms with Crippen molar-refractivity contribution >= 4 is 40.9 Å². The van der Waals surface area contributed by atoms with Crippen LogP contribution in [0.4, 0.5) is 4.79 Å². The van der Waals surface area contributed by atoms with Gasteiger partial charge in [0.1, 0.15) is 11.4 Å². The third-order valence-electron chi connectivity index (χ3n) is 6.12. The minimum absolute atomic E-state index is 0.0315. The van der Waals surface area contributed by atoms with E-state index in [2.05, 4.69) is 37.0 Å². The molecule has 4 rings (SSSR count). The summed E-state index contributed by atoms with van der Waals surface area (Å²) in [6.45, 7) is 3.46. The fraction of sp³-hybridized carbons (Fsp3) is 0.571. The smallest absolute Gasteiger partial charge is 0.322 e.